The van der Waals surface area contributed by atoms with Crippen LogP contribution < -0.4 is 10.1 Å². The van der Waals surface area contributed by atoms with Crippen molar-refractivity contribution in [2.75, 3.05) is 20.2 Å². The van der Waals surface area contributed by atoms with Gasteiger partial charge in [-0.1, -0.05) is 0 Å². The highest BCUT2D eigenvalue weighted by molar-refractivity contribution is 5.95. The summed E-state index contributed by atoms with van der Waals surface area (Å²) in [5, 5.41) is 14.0. The van der Waals surface area contributed by atoms with E-state index in [1.54, 1.807) is 4.90 Å². The van der Waals surface area contributed by atoms with E-state index in [0.717, 1.165) is 0 Å². The third-order valence-corrected chi connectivity index (χ3v) is 4.21. The number of benzene rings is 1. The van der Waals surface area contributed by atoms with E-state index in [4.69, 9.17) is 4.74 Å². The number of carbonyl (C=O) groups is 2. The van der Waals surface area contributed by atoms with E-state index < -0.39 is 4.92 Å². The van der Waals surface area contributed by atoms with Gasteiger partial charge in [-0.2, -0.15) is 0 Å². The SMILES string of the molecule is COc1ccc(C(=O)N2CCC(C(=O)NC(C)C)CC2)cc1[N+](=O)[O-]. The monoisotopic (exact) mass is 349 g/mol. The molecule has 1 aliphatic heterocycles. The zero-order valence-electron chi connectivity index (χ0n) is 14.7. The van der Waals surface area contributed by atoms with Gasteiger partial charge in [0.25, 0.3) is 5.91 Å². The van der Waals surface area contributed by atoms with Crippen LogP contribution >= 0.6 is 0 Å². The standard InChI is InChI=1S/C17H23N3O5/c1-11(2)18-16(21)12-6-8-19(9-7-12)17(22)13-4-5-15(25-3)14(10-13)20(23)24/h4-5,10-12H,6-9H2,1-3H3,(H,18,21). The molecule has 1 aliphatic rings. The van der Waals surface area contributed by atoms with Gasteiger partial charge in [-0.3, -0.25) is 19.7 Å². The van der Waals surface area contributed by atoms with E-state index in [9.17, 15) is 19.7 Å². The van der Waals surface area contributed by atoms with Crippen molar-refractivity contribution in [3.63, 3.8) is 0 Å². The van der Waals surface area contributed by atoms with Crippen LogP contribution in [0.25, 0.3) is 0 Å². The summed E-state index contributed by atoms with van der Waals surface area (Å²) < 4.78 is 4.95. The first kappa shape index (κ1) is 18.7. The quantitative estimate of drug-likeness (QED) is 0.647. The van der Waals surface area contributed by atoms with Gasteiger partial charge in [0.15, 0.2) is 5.75 Å². The lowest BCUT2D eigenvalue weighted by Gasteiger charge is -2.31. The Labute approximate surface area is 146 Å². The maximum absolute atomic E-state index is 12.6. The molecule has 0 bridgehead atoms. The number of hydrogen-bond donors (Lipinski definition) is 1. The first-order valence-corrected chi connectivity index (χ1v) is 8.25. The summed E-state index contributed by atoms with van der Waals surface area (Å²) in [6.45, 7) is 4.73. The number of methoxy groups -OCH3 is 1. The molecule has 0 atom stereocenters. The number of rotatable bonds is 5. The Morgan fingerprint density at radius 2 is 1.96 bits per heavy atom. The number of nitrogens with zero attached hydrogens (tertiary/aromatic N) is 2. The first-order chi connectivity index (χ1) is 11.8. The van der Waals surface area contributed by atoms with Gasteiger partial charge in [0, 0.05) is 36.7 Å². The second-order valence-corrected chi connectivity index (χ2v) is 6.37. The van der Waals surface area contributed by atoms with Crippen molar-refractivity contribution >= 4 is 17.5 Å². The Bertz CT molecular complexity index is 666. The molecule has 1 saturated heterocycles. The van der Waals surface area contributed by atoms with Crippen LogP contribution in [0.2, 0.25) is 0 Å². The molecular formula is C17H23N3O5. The fourth-order valence-electron chi connectivity index (χ4n) is 2.90. The zero-order chi connectivity index (χ0) is 18.6. The molecule has 0 radical (unpaired) electrons. The second-order valence-electron chi connectivity index (χ2n) is 6.37. The molecule has 136 valence electrons. The maximum atomic E-state index is 12.6. The molecule has 8 heteroatoms. The van der Waals surface area contributed by atoms with E-state index in [-0.39, 0.29) is 40.8 Å². The van der Waals surface area contributed by atoms with Crippen LogP contribution in [0.1, 0.15) is 37.0 Å². The van der Waals surface area contributed by atoms with Crippen molar-refractivity contribution in [1.82, 2.24) is 10.2 Å². The van der Waals surface area contributed by atoms with Crippen LogP contribution in [-0.2, 0) is 4.79 Å². The smallest absolute Gasteiger partial charge is 0.311 e. The van der Waals surface area contributed by atoms with Gasteiger partial charge in [-0.25, -0.2) is 0 Å². The molecule has 25 heavy (non-hydrogen) atoms. The summed E-state index contributed by atoms with van der Waals surface area (Å²) in [4.78, 5) is 36.8. The second kappa shape index (κ2) is 7.96. The molecule has 2 amide bonds. The summed E-state index contributed by atoms with van der Waals surface area (Å²) in [6.07, 6.45) is 1.17. The highest BCUT2D eigenvalue weighted by Gasteiger charge is 2.29. The van der Waals surface area contributed by atoms with Crippen LogP contribution in [0.5, 0.6) is 5.75 Å². The van der Waals surface area contributed by atoms with Gasteiger partial charge in [-0.15, -0.1) is 0 Å². The molecule has 1 heterocycles. The van der Waals surface area contributed by atoms with E-state index in [1.165, 1.54) is 25.3 Å². The summed E-state index contributed by atoms with van der Waals surface area (Å²) in [6, 6.07) is 4.27. The lowest BCUT2D eigenvalue weighted by molar-refractivity contribution is -0.385. The Balaban J connectivity index is 2.04. The van der Waals surface area contributed by atoms with Crippen molar-refractivity contribution < 1.29 is 19.2 Å². The fourth-order valence-corrected chi connectivity index (χ4v) is 2.90. The van der Waals surface area contributed by atoms with Gasteiger partial charge in [0.05, 0.1) is 12.0 Å². The Morgan fingerprint density at radius 3 is 2.48 bits per heavy atom. The van der Waals surface area contributed by atoms with E-state index in [0.29, 0.717) is 25.9 Å². The summed E-state index contributed by atoms with van der Waals surface area (Å²) in [5.41, 5.74) is 0.0112. The van der Waals surface area contributed by atoms with Crippen LogP contribution in [0, 0.1) is 16.0 Å². The molecule has 1 aromatic rings. The number of ether oxygens (including phenoxy) is 1. The predicted octanol–water partition coefficient (Wildman–Crippen LogP) is 1.98. The zero-order valence-corrected chi connectivity index (χ0v) is 14.7. The normalized spacial score (nSPS) is 15.1. The number of nitro benzene ring substituents is 1. The number of hydrogen-bond acceptors (Lipinski definition) is 5. The molecule has 0 unspecified atom stereocenters. The number of nitro groups is 1. The number of nitrogens with one attached hydrogen (secondary N) is 1. The average Bonchev–Trinajstić information content (AvgIpc) is 2.60. The first-order valence-electron chi connectivity index (χ1n) is 8.25. The predicted molar refractivity (Wildman–Crippen MR) is 91.6 cm³/mol. The minimum Gasteiger partial charge on any atom is -0.490 e. The van der Waals surface area contributed by atoms with Crippen LogP contribution in [0.4, 0.5) is 5.69 Å². The third kappa shape index (κ3) is 4.46. The van der Waals surface area contributed by atoms with Crippen molar-refractivity contribution in [3.05, 3.63) is 33.9 Å². The molecule has 1 N–H and O–H groups in total. The van der Waals surface area contributed by atoms with Crippen molar-refractivity contribution in [2.24, 2.45) is 5.92 Å². The maximum Gasteiger partial charge on any atom is 0.311 e. The molecule has 0 aromatic heterocycles. The fraction of sp³-hybridized carbons (Fsp3) is 0.529. The number of amides is 2. The minimum absolute atomic E-state index is 0.0159. The minimum atomic E-state index is -0.571. The van der Waals surface area contributed by atoms with Crippen LogP contribution in [0.15, 0.2) is 18.2 Å². The number of piperidine rings is 1. The lowest BCUT2D eigenvalue weighted by atomic mass is 9.95. The largest absolute Gasteiger partial charge is 0.490 e. The van der Waals surface area contributed by atoms with Gasteiger partial charge in [0.2, 0.25) is 5.91 Å². The molecule has 0 aliphatic carbocycles. The highest BCUT2D eigenvalue weighted by atomic mass is 16.6. The van der Waals surface area contributed by atoms with Crippen molar-refractivity contribution in [2.45, 2.75) is 32.7 Å². The lowest BCUT2D eigenvalue weighted by Crippen LogP contribution is -2.44. The van der Waals surface area contributed by atoms with Gasteiger partial charge in [0.1, 0.15) is 0 Å². The molecular weight excluding hydrogens is 326 g/mol. The molecule has 2 rings (SSSR count). The topological polar surface area (TPSA) is 102 Å². The summed E-state index contributed by atoms with van der Waals surface area (Å²) >= 11 is 0. The van der Waals surface area contributed by atoms with Crippen LogP contribution in [-0.4, -0.2) is 47.9 Å². The molecule has 0 saturated carbocycles. The summed E-state index contributed by atoms with van der Waals surface area (Å²) in [5.74, 6) is -0.238. The van der Waals surface area contributed by atoms with E-state index in [2.05, 4.69) is 5.32 Å². The van der Waals surface area contributed by atoms with Gasteiger partial charge < -0.3 is 15.0 Å². The summed E-state index contributed by atoms with van der Waals surface area (Å²) in [7, 11) is 1.34. The third-order valence-electron chi connectivity index (χ3n) is 4.21. The van der Waals surface area contributed by atoms with E-state index >= 15 is 0 Å². The van der Waals surface area contributed by atoms with Gasteiger partial charge in [-0.05, 0) is 38.8 Å². The van der Waals surface area contributed by atoms with Gasteiger partial charge >= 0.3 is 5.69 Å². The van der Waals surface area contributed by atoms with E-state index in [1.807, 2.05) is 13.8 Å². The Kier molecular flexibility index (Phi) is 5.95. The molecule has 1 fully saturated rings. The van der Waals surface area contributed by atoms with Crippen LogP contribution in [0.3, 0.4) is 0 Å². The number of carbonyl (C=O) groups excluding carboxylic acids is 2. The molecule has 8 nitrogen and oxygen atoms in total. The van der Waals surface area contributed by atoms with Crippen molar-refractivity contribution in [3.8, 4) is 5.75 Å². The Hall–Kier alpha value is -2.64. The average molecular weight is 349 g/mol. The molecule has 0 spiro atoms. The Morgan fingerprint density at radius 1 is 1.32 bits per heavy atom. The number of likely N-dealkylation sites (tertiary alicyclic amines) is 1. The van der Waals surface area contributed by atoms with Crippen molar-refractivity contribution in [1.29, 1.82) is 0 Å². The molecule has 1 aromatic carbocycles. The highest BCUT2D eigenvalue weighted by Crippen LogP contribution is 2.28.